The topological polar surface area (TPSA) is 111 Å². The molecule has 0 atom stereocenters. The van der Waals surface area contributed by atoms with Crippen LogP contribution in [-0.4, -0.2) is 30.3 Å². The third-order valence-electron chi connectivity index (χ3n) is 6.57. The van der Waals surface area contributed by atoms with Crippen LogP contribution in [0.3, 0.4) is 0 Å². The number of phenols is 1. The number of benzene rings is 4. The fourth-order valence-electron chi connectivity index (χ4n) is 3.93. The molecule has 0 saturated carbocycles. The normalized spacial score (nSPS) is 9.67. The highest BCUT2D eigenvalue weighted by Crippen LogP contribution is 2.45. The van der Waals surface area contributed by atoms with Crippen LogP contribution in [0.1, 0.15) is 84.9 Å². The molecule has 4 aromatic carbocycles. The molecule has 4 aromatic rings. The second kappa shape index (κ2) is 22.8. The Morgan fingerprint density at radius 3 is 1.69 bits per heavy atom. The standard InChI is InChI=1S/C30H30O4S.C4H10.2C2H6.2H2O/c1-20-9-14-23(15-10-20)35-24-16-12-22(13-17-24)34-29-25(7-6-8-27(29)32-4)30(2,3)21-11-18-26(31)28(19-21)33-5;1-3-4-2;2*1-2;;/h6-19,31H,1-5H3;3-4H2,1-2H3;2*1-2H3;2*1H2. The molecule has 0 aliphatic rings. The van der Waals surface area contributed by atoms with E-state index in [1.807, 2.05) is 70.2 Å². The molecule has 0 aliphatic carbocycles. The van der Waals surface area contributed by atoms with Crippen LogP contribution in [-0.2, 0) is 5.41 Å². The third kappa shape index (κ3) is 12.7. The minimum Gasteiger partial charge on any atom is -0.504 e. The smallest absolute Gasteiger partial charge is 0.173 e. The summed E-state index contributed by atoms with van der Waals surface area (Å²) in [6, 6.07) is 27.9. The van der Waals surface area contributed by atoms with Crippen LogP contribution in [0.4, 0.5) is 0 Å². The SMILES string of the molecule is CC.CC.CCCC.COc1cc(C(C)(C)c2cccc(OC)c2Oc2ccc(Sc3ccc(C)cc3)cc2)ccc1O.O.O. The second-order valence-corrected chi connectivity index (χ2v) is 11.0. The van der Waals surface area contributed by atoms with E-state index in [2.05, 4.69) is 71.0 Å². The lowest BCUT2D eigenvalue weighted by atomic mass is 9.77. The summed E-state index contributed by atoms with van der Waals surface area (Å²) in [6.07, 6.45) is 2.64. The number of aromatic hydroxyl groups is 1. The number of methoxy groups -OCH3 is 2. The van der Waals surface area contributed by atoms with E-state index in [0.29, 0.717) is 17.2 Å². The molecule has 0 heterocycles. The molecular formula is C38H56O6S. The Bertz CT molecular complexity index is 1330. The summed E-state index contributed by atoms with van der Waals surface area (Å²) in [5, 5.41) is 10.1. The van der Waals surface area contributed by atoms with Gasteiger partial charge in [0.1, 0.15) is 5.75 Å². The maximum atomic E-state index is 10.1. The molecule has 45 heavy (non-hydrogen) atoms. The molecule has 0 amide bonds. The highest BCUT2D eigenvalue weighted by Gasteiger charge is 2.30. The molecule has 0 fully saturated rings. The van der Waals surface area contributed by atoms with E-state index < -0.39 is 5.41 Å². The quantitative estimate of drug-likeness (QED) is 0.196. The first-order chi connectivity index (χ1) is 20.7. The number of phenolic OH excluding ortho intramolecular Hbond substituents is 1. The van der Waals surface area contributed by atoms with Crippen molar-refractivity contribution in [3.05, 3.63) is 102 Å². The molecule has 0 saturated heterocycles. The van der Waals surface area contributed by atoms with Gasteiger partial charge in [0, 0.05) is 20.8 Å². The van der Waals surface area contributed by atoms with E-state index in [-0.39, 0.29) is 16.7 Å². The zero-order valence-corrected chi connectivity index (χ0v) is 29.9. The molecule has 7 heteroatoms. The van der Waals surface area contributed by atoms with Crippen molar-refractivity contribution in [2.45, 2.75) is 90.4 Å². The van der Waals surface area contributed by atoms with E-state index in [0.717, 1.165) is 21.8 Å². The monoisotopic (exact) mass is 640 g/mol. The van der Waals surface area contributed by atoms with E-state index in [4.69, 9.17) is 14.2 Å². The first-order valence-corrected chi connectivity index (χ1v) is 16.1. The lowest BCUT2D eigenvalue weighted by Gasteiger charge is -2.29. The Balaban J connectivity index is 0. The van der Waals surface area contributed by atoms with Crippen LogP contribution in [0, 0.1) is 6.92 Å². The van der Waals surface area contributed by atoms with Gasteiger partial charge in [-0.15, -0.1) is 0 Å². The minimum atomic E-state index is -0.452. The van der Waals surface area contributed by atoms with Crippen molar-refractivity contribution >= 4 is 11.8 Å². The van der Waals surface area contributed by atoms with Crippen molar-refractivity contribution in [2.75, 3.05) is 14.2 Å². The second-order valence-electron chi connectivity index (χ2n) is 9.84. The van der Waals surface area contributed by atoms with Gasteiger partial charge in [-0.05, 0) is 67.1 Å². The first kappa shape index (κ1) is 43.5. The summed E-state index contributed by atoms with van der Waals surface area (Å²) >= 11 is 1.72. The molecule has 0 radical (unpaired) electrons. The van der Waals surface area contributed by atoms with Gasteiger partial charge in [0.2, 0.25) is 0 Å². The zero-order chi connectivity index (χ0) is 32.4. The van der Waals surface area contributed by atoms with Gasteiger partial charge in [0.15, 0.2) is 23.0 Å². The average Bonchev–Trinajstić information content (AvgIpc) is 3.05. The Morgan fingerprint density at radius 1 is 0.689 bits per heavy atom. The molecule has 0 spiro atoms. The zero-order valence-electron chi connectivity index (χ0n) is 29.1. The van der Waals surface area contributed by atoms with Crippen molar-refractivity contribution in [2.24, 2.45) is 0 Å². The molecule has 6 nitrogen and oxygen atoms in total. The number of ether oxygens (including phenoxy) is 3. The van der Waals surface area contributed by atoms with Gasteiger partial charge in [-0.25, -0.2) is 0 Å². The minimum absolute atomic E-state index is 0. The van der Waals surface area contributed by atoms with Crippen LogP contribution in [0.5, 0.6) is 28.7 Å². The maximum Gasteiger partial charge on any atom is 0.173 e. The summed E-state index contributed by atoms with van der Waals surface area (Å²) in [6.45, 7) is 18.7. The molecule has 5 N–H and O–H groups in total. The lowest BCUT2D eigenvalue weighted by Crippen LogP contribution is -2.20. The largest absolute Gasteiger partial charge is 0.504 e. The van der Waals surface area contributed by atoms with Crippen molar-refractivity contribution in [3.63, 3.8) is 0 Å². The number of aryl methyl sites for hydroxylation is 1. The molecule has 0 unspecified atom stereocenters. The summed E-state index contributed by atoms with van der Waals surface area (Å²) in [5.41, 5.74) is 2.74. The van der Waals surface area contributed by atoms with Crippen LogP contribution >= 0.6 is 11.8 Å². The Kier molecular flexibility index (Phi) is 22.0. The summed E-state index contributed by atoms with van der Waals surface area (Å²) in [4.78, 5) is 2.33. The van der Waals surface area contributed by atoms with Crippen LogP contribution < -0.4 is 14.2 Å². The molecular weight excluding hydrogens is 584 g/mol. The Labute approximate surface area is 276 Å². The van der Waals surface area contributed by atoms with Crippen LogP contribution in [0.25, 0.3) is 0 Å². The maximum absolute atomic E-state index is 10.1. The molecule has 0 aromatic heterocycles. The predicted molar refractivity (Wildman–Crippen MR) is 192 cm³/mol. The van der Waals surface area contributed by atoms with Gasteiger partial charge in [-0.1, -0.05) is 116 Å². The lowest BCUT2D eigenvalue weighted by molar-refractivity contribution is 0.368. The van der Waals surface area contributed by atoms with Crippen LogP contribution in [0.15, 0.2) is 94.7 Å². The number of unbranched alkanes of at least 4 members (excludes halogenated alkanes) is 1. The Hall–Kier alpha value is -3.65. The molecule has 0 aliphatic heterocycles. The van der Waals surface area contributed by atoms with Gasteiger partial charge < -0.3 is 30.3 Å². The van der Waals surface area contributed by atoms with E-state index in [1.165, 1.54) is 23.3 Å². The van der Waals surface area contributed by atoms with Crippen molar-refractivity contribution in [3.8, 4) is 28.7 Å². The van der Waals surface area contributed by atoms with Gasteiger partial charge in [-0.3, -0.25) is 0 Å². The molecule has 4 rings (SSSR count). The average molecular weight is 641 g/mol. The van der Waals surface area contributed by atoms with Crippen molar-refractivity contribution in [1.82, 2.24) is 0 Å². The number of para-hydroxylation sites is 1. The highest BCUT2D eigenvalue weighted by molar-refractivity contribution is 7.99. The molecule has 0 bridgehead atoms. The highest BCUT2D eigenvalue weighted by atomic mass is 32.2. The Morgan fingerprint density at radius 2 is 1.20 bits per heavy atom. The van der Waals surface area contributed by atoms with E-state index in [9.17, 15) is 5.11 Å². The molecule has 250 valence electrons. The van der Waals surface area contributed by atoms with E-state index >= 15 is 0 Å². The number of hydrogen-bond donors (Lipinski definition) is 1. The fourth-order valence-corrected chi connectivity index (χ4v) is 4.75. The summed E-state index contributed by atoms with van der Waals surface area (Å²) < 4.78 is 17.4. The fraction of sp³-hybridized carbons (Fsp3) is 0.368. The van der Waals surface area contributed by atoms with Crippen molar-refractivity contribution in [1.29, 1.82) is 0 Å². The predicted octanol–water partition coefficient (Wildman–Crippen LogP) is 10.2. The third-order valence-corrected chi connectivity index (χ3v) is 7.59. The van der Waals surface area contributed by atoms with E-state index in [1.54, 1.807) is 32.0 Å². The summed E-state index contributed by atoms with van der Waals surface area (Å²) in [7, 11) is 3.19. The summed E-state index contributed by atoms with van der Waals surface area (Å²) in [5.74, 6) is 2.58. The number of hydrogen-bond acceptors (Lipinski definition) is 5. The van der Waals surface area contributed by atoms with Gasteiger partial charge in [0.05, 0.1) is 14.2 Å². The van der Waals surface area contributed by atoms with Gasteiger partial charge >= 0.3 is 0 Å². The van der Waals surface area contributed by atoms with Crippen molar-refractivity contribution < 1.29 is 30.3 Å². The van der Waals surface area contributed by atoms with Gasteiger partial charge in [0.25, 0.3) is 0 Å². The van der Waals surface area contributed by atoms with Gasteiger partial charge in [-0.2, -0.15) is 0 Å². The van der Waals surface area contributed by atoms with Crippen LogP contribution in [0.2, 0.25) is 0 Å². The first-order valence-electron chi connectivity index (χ1n) is 15.3. The number of rotatable bonds is 9.